The second kappa shape index (κ2) is 6.69. The van der Waals surface area contributed by atoms with Gasteiger partial charge in [0.05, 0.1) is 16.8 Å². The van der Waals surface area contributed by atoms with Crippen molar-refractivity contribution in [3.63, 3.8) is 0 Å². The fourth-order valence-electron chi connectivity index (χ4n) is 2.46. The smallest absolute Gasteiger partial charge is 0.256 e. The molecule has 0 spiro atoms. The van der Waals surface area contributed by atoms with Crippen LogP contribution in [0.5, 0.6) is 0 Å². The number of pyridine rings is 1. The molecule has 1 heterocycles. The summed E-state index contributed by atoms with van der Waals surface area (Å²) in [5.41, 5.74) is 2.22. The Balaban J connectivity index is 2.05. The summed E-state index contributed by atoms with van der Waals surface area (Å²) in [7, 11) is 0. The maximum atomic E-state index is 14.0. The van der Waals surface area contributed by atoms with E-state index in [-0.39, 0.29) is 17.5 Å². The zero-order valence-corrected chi connectivity index (χ0v) is 14.9. The lowest BCUT2D eigenvalue weighted by Crippen LogP contribution is -2.14. The maximum Gasteiger partial charge on any atom is 0.256 e. The molecular weight excluding hydrogens is 371 g/mol. The molecule has 0 bridgehead atoms. The van der Waals surface area contributed by atoms with Crippen molar-refractivity contribution in [1.82, 2.24) is 4.98 Å². The molecule has 0 unspecified atom stereocenters. The van der Waals surface area contributed by atoms with Gasteiger partial charge in [0.1, 0.15) is 5.82 Å². The zero-order chi connectivity index (χ0) is 17.3. The Bertz CT molecular complexity index is 924. The second-order valence-corrected chi connectivity index (χ2v) is 6.76. The number of fused-ring (bicyclic) bond motifs is 1. The summed E-state index contributed by atoms with van der Waals surface area (Å²) < 4.78 is 14.6. The van der Waals surface area contributed by atoms with E-state index in [9.17, 15) is 9.18 Å². The van der Waals surface area contributed by atoms with Crippen molar-refractivity contribution in [1.29, 1.82) is 0 Å². The molecule has 0 atom stereocenters. The number of carbonyl (C=O) groups excluding carboxylic acids is 1. The Labute approximate surface area is 148 Å². The molecule has 0 aliphatic rings. The van der Waals surface area contributed by atoms with Crippen LogP contribution in [0.15, 0.2) is 53.0 Å². The first-order chi connectivity index (χ1) is 11.5. The van der Waals surface area contributed by atoms with E-state index < -0.39 is 5.82 Å². The van der Waals surface area contributed by atoms with Gasteiger partial charge in [0.15, 0.2) is 0 Å². The highest BCUT2D eigenvalue weighted by Gasteiger charge is 2.16. The van der Waals surface area contributed by atoms with E-state index in [0.717, 1.165) is 16.6 Å². The number of amides is 1. The molecule has 0 radical (unpaired) electrons. The fourth-order valence-corrected chi connectivity index (χ4v) is 2.79. The summed E-state index contributed by atoms with van der Waals surface area (Å²) in [5, 5.41) is 3.40. The number of anilines is 1. The van der Waals surface area contributed by atoms with Gasteiger partial charge in [-0.15, -0.1) is 0 Å². The quantitative estimate of drug-likeness (QED) is 0.644. The number of rotatable bonds is 3. The lowest BCUT2D eigenvalue weighted by Gasteiger charge is -2.12. The molecule has 3 aromatic rings. The molecule has 24 heavy (non-hydrogen) atoms. The molecule has 0 fully saturated rings. The van der Waals surface area contributed by atoms with E-state index >= 15 is 0 Å². The Kier molecular flexibility index (Phi) is 4.62. The highest BCUT2D eigenvalue weighted by molar-refractivity contribution is 9.10. The van der Waals surface area contributed by atoms with Gasteiger partial charge >= 0.3 is 0 Å². The van der Waals surface area contributed by atoms with Gasteiger partial charge in [0.2, 0.25) is 0 Å². The van der Waals surface area contributed by atoms with E-state index in [2.05, 4.69) is 26.2 Å². The van der Waals surface area contributed by atoms with Gasteiger partial charge in [-0.05, 0) is 36.2 Å². The Morgan fingerprint density at radius 1 is 1.17 bits per heavy atom. The average Bonchev–Trinajstić information content (AvgIpc) is 2.56. The molecule has 3 rings (SSSR count). The van der Waals surface area contributed by atoms with Crippen LogP contribution < -0.4 is 5.32 Å². The molecular formula is C19H16BrFN2O. The minimum Gasteiger partial charge on any atom is -0.319 e. The van der Waals surface area contributed by atoms with Crippen molar-refractivity contribution in [3.8, 4) is 0 Å². The van der Waals surface area contributed by atoms with Crippen molar-refractivity contribution in [2.45, 2.75) is 19.8 Å². The molecule has 0 aliphatic heterocycles. The molecule has 0 saturated carbocycles. The van der Waals surface area contributed by atoms with Crippen LogP contribution in [0.3, 0.4) is 0 Å². The van der Waals surface area contributed by atoms with Crippen molar-refractivity contribution < 1.29 is 9.18 Å². The predicted molar refractivity (Wildman–Crippen MR) is 97.9 cm³/mol. The van der Waals surface area contributed by atoms with Crippen molar-refractivity contribution in [2.75, 3.05) is 5.32 Å². The topological polar surface area (TPSA) is 42.0 Å². The van der Waals surface area contributed by atoms with Crippen LogP contribution >= 0.6 is 15.9 Å². The molecule has 1 amide bonds. The lowest BCUT2D eigenvalue weighted by molar-refractivity contribution is 0.102. The monoisotopic (exact) mass is 386 g/mol. The molecule has 122 valence electrons. The zero-order valence-electron chi connectivity index (χ0n) is 13.3. The van der Waals surface area contributed by atoms with Gasteiger partial charge < -0.3 is 5.32 Å². The number of hydrogen-bond donors (Lipinski definition) is 1. The van der Waals surface area contributed by atoms with Gasteiger partial charge in [-0.3, -0.25) is 9.78 Å². The molecule has 0 aliphatic carbocycles. The first-order valence-electron chi connectivity index (χ1n) is 7.62. The van der Waals surface area contributed by atoms with Crippen LogP contribution in [0.2, 0.25) is 0 Å². The number of halogens is 2. The average molecular weight is 387 g/mol. The molecule has 5 heteroatoms. The van der Waals surface area contributed by atoms with E-state index in [4.69, 9.17) is 0 Å². The standard InChI is InChI=1S/C19H16BrFN2O/c1-11(2)18-10-14(13-5-3-4-6-16(13)22-18)19(24)23-17-8-7-12(20)9-15(17)21/h3-11H,1-2H3,(H,23,24). The number of para-hydroxylation sites is 1. The number of nitrogens with zero attached hydrogens (tertiary/aromatic N) is 1. The van der Waals surface area contributed by atoms with Crippen molar-refractivity contribution in [3.05, 3.63) is 70.1 Å². The predicted octanol–water partition coefficient (Wildman–Crippen LogP) is 5.51. The summed E-state index contributed by atoms with van der Waals surface area (Å²) in [6, 6.07) is 13.8. The molecule has 1 N–H and O–H groups in total. The molecule has 1 aromatic heterocycles. The van der Waals surface area contributed by atoms with Gasteiger partial charge in [0, 0.05) is 15.6 Å². The minimum atomic E-state index is -0.486. The third kappa shape index (κ3) is 3.31. The molecule has 3 nitrogen and oxygen atoms in total. The highest BCUT2D eigenvalue weighted by atomic mass is 79.9. The number of nitrogens with one attached hydrogen (secondary N) is 1. The lowest BCUT2D eigenvalue weighted by atomic mass is 10.0. The Morgan fingerprint density at radius 3 is 2.62 bits per heavy atom. The summed E-state index contributed by atoms with van der Waals surface area (Å²) >= 11 is 3.20. The normalized spacial score (nSPS) is 11.0. The van der Waals surface area contributed by atoms with Gasteiger partial charge in [-0.1, -0.05) is 48.0 Å². The third-order valence-corrected chi connectivity index (χ3v) is 4.24. The highest BCUT2D eigenvalue weighted by Crippen LogP contribution is 2.25. The largest absolute Gasteiger partial charge is 0.319 e. The fraction of sp³-hybridized carbons (Fsp3) is 0.158. The van der Waals surface area contributed by atoms with Crippen LogP contribution in [-0.2, 0) is 0 Å². The summed E-state index contributed by atoms with van der Waals surface area (Å²) in [4.78, 5) is 17.3. The first kappa shape index (κ1) is 16.6. The van der Waals surface area contributed by atoms with Gasteiger partial charge in [-0.2, -0.15) is 0 Å². The summed E-state index contributed by atoms with van der Waals surface area (Å²) in [6.45, 7) is 4.04. The van der Waals surface area contributed by atoms with Gasteiger partial charge in [0.25, 0.3) is 5.91 Å². The molecule has 0 saturated heterocycles. The van der Waals surface area contributed by atoms with E-state index in [1.165, 1.54) is 12.1 Å². The number of hydrogen-bond acceptors (Lipinski definition) is 2. The van der Waals surface area contributed by atoms with E-state index in [0.29, 0.717) is 10.0 Å². The SMILES string of the molecule is CC(C)c1cc(C(=O)Nc2ccc(Br)cc2F)c2ccccc2n1. The van der Waals surface area contributed by atoms with Gasteiger partial charge in [-0.25, -0.2) is 4.39 Å². The van der Waals surface area contributed by atoms with E-state index in [1.54, 1.807) is 12.1 Å². The Morgan fingerprint density at radius 2 is 1.92 bits per heavy atom. The summed E-state index contributed by atoms with van der Waals surface area (Å²) in [6.07, 6.45) is 0. The van der Waals surface area contributed by atoms with Crippen molar-refractivity contribution >= 4 is 38.4 Å². The van der Waals surface area contributed by atoms with Crippen LogP contribution in [0, 0.1) is 5.82 Å². The van der Waals surface area contributed by atoms with Crippen LogP contribution in [0.4, 0.5) is 10.1 Å². The van der Waals surface area contributed by atoms with Crippen LogP contribution in [-0.4, -0.2) is 10.9 Å². The third-order valence-electron chi connectivity index (χ3n) is 3.75. The first-order valence-corrected chi connectivity index (χ1v) is 8.41. The maximum absolute atomic E-state index is 14.0. The van der Waals surface area contributed by atoms with E-state index in [1.807, 2.05) is 38.1 Å². The molecule has 2 aromatic carbocycles. The van der Waals surface area contributed by atoms with Crippen LogP contribution in [0.25, 0.3) is 10.9 Å². The summed E-state index contributed by atoms with van der Waals surface area (Å²) in [5.74, 6) is -0.650. The minimum absolute atomic E-state index is 0.148. The van der Waals surface area contributed by atoms with Crippen molar-refractivity contribution in [2.24, 2.45) is 0 Å². The number of aromatic nitrogens is 1. The van der Waals surface area contributed by atoms with Crippen LogP contribution in [0.1, 0.15) is 35.8 Å². The number of carbonyl (C=O) groups is 1. The Hall–Kier alpha value is -2.27. The number of benzene rings is 2. The second-order valence-electron chi connectivity index (χ2n) is 5.84.